The number of carbonyl (C=O) groups excluding carboxylic acids is 1. The highest BCUT2D eigenvalue weighted by Crippen LogP contribution is 2.17. The highest BCUT2D eigenvalue weighted by molar-refractivity contribution is 5.89. The Labute approximate surface area is 145 Å². The zero-order valence-electron chi connectivity index (χ0n) is 14.2. The van der Waals surface area contributed by atoms with Gasteiger partial charge in [0.05, 0.1) is 13.5 Å². The minimum absolute atomic E-state index is 0.0444. The van der Waals surface area contributed by atoms with E-state index in [1.165, 1.54) is 5.56 Å². The first-order chi connectivity index (χ1) is 12.2. The first kappa shape index (κ1) is 16.7. The van der Waals surface area contributed by atoms with E-state index >= 15 is 0 Å². The summed E-state index contributed by atoms with van der Waals surface area (Å²) >= 11 is 0. The molecule has 0 bridgehead atoms. The maximum Gasteiger partial charge on any atom is 0.309 e. The Balaban J connectivity index is 1.61. The highest BCUT2D eigenvalue weighted by atomic mass is 16.5. The molecule has 0 unspecified atom stereocenters. The molecule has 0 saturated carbocycles. The van der Waals surface area contributed by atoms with Gasteiger partial charge in [-0.2, -0.15) is 0 Å². The normalized spacial score (nSPS) is 10.5. The van der Waals surface area contributed by atoms with Crippen LogP contribution in [0.1, 0.15) is 33.3 Å². The van der Waals surface area contributed by atoms with Crippen LogP contribution >= 0.6 is 0 Å². The summed E-state index contributed by atoms with van der Waals surface area (Å²) in [5.41, 5.74) is 3.11. The van der Waals surface area contributed by atoms with Crippen LogP contribution in [0, 0.1) is 6.92 Å². The summed E-state index contributed by atoms with van der Waals surface area (Å²) in [4.78, 5) is 12.2. The number of methoxy groups -OCH3 is 1. The number of nitrogens with one attached hydrogen (secondary N) is 1. The molecule has 1 heterocycles. The van der Waals surface area contributed by atoms with Crippen molar-refractivity contribution < 1.29 is 13.9 Å². The van der Waals surface area contributed by atoms with Crippen molar-refractivity contribution in [1.29, 1.82) is 0 Å². The minimum Gasteiger partial charge on any atom is -0.496 e. The lowest BCUT2D eigenvalue weighted by atomic mass is 10.1. The molecule has 1 amide bonds. The molecular formula is C19H19N3O3. The van der Waals surface area contributed by atoms with Gasteiger partial charge >= 0.3 is 11.8 Å². The maximum absolute atomic E-state index is 12.2. The van der Waals surface area contributed by atoms with Crippen LogP contribution in [0.2, 0.25) is 0 Å². The Morgan fingerprint density at radius 3 is 2.64 bits per heavy atom. The lowest BCUT2D eigenvalue weighted by molar-refractivity contribution is 0.0914. The van der Waals surface area contributed by atoms with Crippen LogP contribution in [0.5, 0.6) is 5.75 Å². The summed E-state index contributed by atoms with van der Waals surface area (Å²) in [6, 6.07) is 15.5. The second-order valence-corrected chi connectivity index (χ2v) is 5.66. The second-order valence-electron chi connectivity index (χ2n) is 5.66. The fraction of sp³-hybridized carbons (Fsp3) is 0.211. The van der Waals surface area contributed by atoms with E-state index in [1.807, 2.05) is 55.5 Å². The van der Waals surface area contributed by atoms with E-state index in [0.29, 0.717) is 24.6 Å². The van der Waals surface area contributed by atoms with Gasteiger partial charge in [-0.3, -0.25) is 4.79 Å². The topological polar surface area (TPSA) is 77.2 Å². The van der Waals surface area contributed by atoms with Gasteiger partial charge in [0.1, 0.15) is 5.75 Å². The van der Waals surface area contributed by atoms with Crippen molar-refractivity contribution in [2.75, 3.05) is 7.11 Å². The maximum atomic E-state index is 12.2. The molecule has 1 N–H and O–H groups in total. The third kappa shape index (κ3) is 4.23. The zero-order valence-corrected chi connectivity index (χ0v) is 14.2. The molecule has 6 heteroatoms. The molecule has 2 aromatic carbocycles. The van der Waals surface area contributed by atoms with Gasteiger partial charge in [0.25, 0.3) is 0 Å². The van der Waals surface area contributed by atoms with Gasteiger partial charge in [0.15, 0.2) is 0 Å². The van der Waals surface area contributed by atoms with Crippen LogP contribution in [-0.2, 0) is 13.0 Å². The number of aromatic nitrogens is 2. The molecule has 0 atom stereocenters. The van der Waals surface area contributed by atoms with Crippen LogP contribution in [0.25, 0.3) is 0 Å². The number of nitrogens with zero attached hydrogens (tertiary/aromatic N) is 2. The lowest BCUT2D eigenvalue weighted by Gasteiger charge is -2.08. The van der Waals surface area contributed by atoms with Crippen molar-refractivity contribution in [2.45, 2.75) is 19.9 Å². The quantitative estimate of drug-likeness (QED) is 0.748. The first-order valence-corrected chi connectivity index (χ1v) is 7.93. The molecule has 0 saturated heterocycles. The van der Waals surface area contributed by atoms with Crippen molar-refractivity contribution in [3.05, 3.63) is 77.0 Å². The van der Waals surface area contributed by atoms with Crippen LogP contribution in [-0.4, -0.2) is 23.2 Å². The number of benzene rings is 2. The minimum atomic E-state index is -0.409. The number of rotatable bonds is 6. The third-order valence-electron chi connectivity index (χ3n) is 3.77. The fourth-order valence-corrected chi connectivity index (χ4v) is 2.40. The Kier molecular flexibility index (Phi) is 5.09. The second kappa shape index (κ2) is 7.61. The van der Waals surface area contributed by atoms with Crippen LogP contribution in [0.3, 0.4) is 0 Å². The van der Waals surface area contributed by atoms with Gasteiger partial charge in [0.2, 0.25) is 5.89 Å². The Morgan fingerprint density at radius 1 is 1.12 bits per heavy atom. The van der Waals surface area contributed by atoms with Crippen molar-refractivity contribution in [3.8, 4) is 5.75 Å². The largest absolute Gasteiger partial charge is 0.496 e. The van der Waals surface area contributed by atoms with Gasteiger partial charge in [-0.1, -0.05) is 48.0 Å². The van der Waals surface area contributed by atoms with Gasteiger partial charge in [-0.05, 0) is 18.6 Å². The summed E-state index contributed by atoms with van der Waals surface area (Å²) in [7, 11) is 1.59. The molecule has 0 radical (unpaired) electrons. The number of amides is 1. The van der Waals surface area contributed by atoms with Crippen LogP contribution < -0.4 is 10.1 Å². The highest BCUT2D eigenvalue weighted by Gasteiger charge is 2.15. The summed E-state index contributed by atoms with van der Waals surface area (Å²) in [5, 5.41) is 10.5. The average Bonchev–Trinajstić information content (AvgIpc) is 3.10. The summed E-state index contributed by atoms with van der Waals surface area (Å²) < 4.78 is 10.7. The predicted octanol–water partition coefficient (Wildman–Crippen LogP) is 2.91. The number of hydrogen-bond acceptors (Lipinski definition) is 5. The van der Waals surface area contributed by atoms with Crippen LogP contribution in [0.4, 0.5) is 0 Å². The molecule has 6 nitrogen and oxygen atoms in total. The van der Waals surface area contributed by atoms with Crippen molar-refractivity contribution >= 4 is 5.91 Å². The number of para-hydroxylation sites is 1. The molecule has 0 aliphatic heterocycles. The molecule has 0 aliphatic carbocycles. The summed E-state index contributed by atoms with van der Waals surface area (Å²) in [6.07, 6.45) is 0.493. The van der Waals surface area contributed by atoms with E-state index in [2.05, 4.69) is 15.5 Å². The van der Waals surface area contributed by atoms with E-state index in [0.717, 1.165) is 11.1 Å². The standard InChI is InChI=1S/C19H19N3O3/c1-13-7-9-14(10-8-13)11-17-21-22-19(25-17)18(23)20-12-15-5-3-4-6-16(15)24-2/h3-10H,11-12H2,1-2H3,(H,20,23). The van der Waals surface area contributed by atoms with E-state index in [1.54, 1.807) is 7.11 Å². The molecule has 1 aromatic heterocycles. The number of hydrogen-bond donors (Lipinski definition) is 1. The summed E-state index contributed by atoms with van der Waals surface area (Å²) in [5.74, 6) is 0.672. The molecule has 0 aliphatic rings. The monoisotopic (exact) mass is 337 g/mol. The van der Waals surface area contributed by atoms with E-state index in [9.17, 15) is 4.79 Å². The Morgan fingerprint density at radius 2 is 1.88 bits per heavy atom. The molecule has 3 aromatic rings. The zero-order chi connectivity index (χ0) is 17.6. The predicted molar refractivity (Wildman–Crippen MR) is 92.4 cm³/mol. The smallest absolute Gasteiger partial charge is 0.309 e. The molecule has 0 spiro atoms. The average molecular weight is 337 g/mol. The SMILES string of the molecule is COc1ccccc1CNC(=O)c1nnc(Cc2ccc(C)cc2)o1. The summed E-state index contributed by atoms with van der Waals surface area (Å²) in [6.45, 7) is 2.35. The van der Waals surface area contributed by atoms with E-state index < -0.39 is 5.91 Å². The van der Waals surface area contributed by atoms with Crippen LogP contribution in [0.15, 0.2) is 52.9 Å². The van der Waals surface area contributed by atoms with E-state index in [4.69, 9.17) is 9.15 Å². The molecule has 25 heavy (non-hydrogen) atoms. The third-order valence-corrected chi connectivity index (χ3v) is 3.77. The molecule has 0 fully saturated rings. The van der Waals surface area contributed by atoms with Gasteiger partial charge in [-0.25, -0.2) is 0 Å². The lowest BCUT2D eigenvalue weighted by Crippen LogP contribution is -2.23. The fourth-order valence-electron chi connectivity index (χ4n) is 2.40. The van der Waals surface area contributed by atoms with E-state index in [-0.39, 0.29) is 5.89 Å². The van der Waals surface area contributed by atoms with Gasteiger partial charge in [-0.15, -0.1) is 10.2 Å². The van der Waals surface area contributed by atoms with Crippen molar-refractivity contribution in [3.63, 3.8) is 0 Å². The Hall–Kier alpha value is -3.15. The molecule has 128 valence electrons. The van der Waals surface area contributed by atoms with Gasteiger partial charge < -0.3 is 14.5 Å². The van der Waals surface area contributed by atoms with Gasteiger partial charge in [0, 0.05) is 12.1 Å². The Bertz CT molecular complexity index is 856. The number of carbonyl (C=O) groups is 1. The molecule has 3 rings (SSSR count). The molecular weight excluding hydrogens is 318 g/mol. The van der Waals surface area contributed by atoms with Crippen molar-refractivity contribution in [1.82, 2.24) is 15.5 Å². The first-order valence-electron chi connectivity index (χ1n) is 7.93. The van der Waals surface area contributed by atoms with Crippen molar-refractivity contribution in [2.24, 2.45) is 0 Å². The number of ether oxygens (including phenoxy) is 1. The number of aryl methyl sites for hydroxylation is 1.